The van der Waals surface area contributed by atoms with E-state index in [1.165, 1.54) is 17.0 Å². The van der Waals surface area contributed by atoms with E-state index in [2.05, 4.69) is 0 Å². The van der Waals surface area contributed by atoms with Gasteiger partial charge in [0.25, 0.3) is 5.91 Å². The lowest BCUT2D eigenvalue weighted by Crippen LogP contribution is -2.26. The van der Waals surface area contributed by atoms with Crippen molar-refractivity contribution in [1.29, 1.82) is 0 Å². The normalized spacial score (nSPS) is 11.7. The summed E-state index contributed by atoms with van der Waals surface area (Å²) in [7, 11) is 3.51. The number of carbonyl (C=O) groups excluding carboxylic acids is 1. The first-order valence-electron chi connectivity index (χ1n) is 7.73. The molecule has 0 bridgehead atoms. The van der Waals surface area contributed by atoms with Gasteiger partial charge in [-0.3, -0.25) is 4.79 Å². The van der Waals surface area contributed by atoms with E-state index in [1.807, 2.05) is 35.9 Å². The van der Waals surface area contributed by atoms with Gasteiger partial charge >= 0.3 is 6.18 Å². The van der Waals surface area contributed by atoms with Gasteiger partial charge < -0.3 is 9.47 Å². The molecule has 25 heavy (non-hydrogen) atoms. The standard InChI is InChI=1S/C19H17F3N2O/c1-23-12-16(15-5-3-4-6-17(15)23)18(25)24(2)11-13-7-9-14(10-8-13)19(20,21)22/h3-10,12H,11H2,1-2H3. The van der Waals surface area contributed by atoms with Gasteiger partial charge in [-0.05, 0) is 23.8 Å². The lowest BCUT2D eigenvalue weighted by Gasteiger charge is -2.17. The Kier molecular flexibility index (Phi) is 4.29. The highest BCUT2D eigenvalue weighted by molar-refractivity contribution is 6.06. The molecule has 1 aromatic heterocycles. The van der Waals surface area contributed by atoms with E-state index in [0.29, 0.717) is 11.1 Å². The number of carbonyl (C=O) groups is 1. The predicted octanol–water partition coefficient (Wildman–Crippen LogP) is 4.47. The second-order valence-corrected chi connectivity index (χ2v) is 6.03. The molecule has 3 rings (SSSR count). The minimum absolute atomic E-state index is 0.170. The summed E-state index contributed by atoms with van der Waals surface area (Å²) in [5, 5.41) is 0.856. The van der Waals surface area contributed by atoms with E-state index in [0.717, 1.165) is 23.0 Å². The van der Waals surface area contributed by atoms with Crippen LogP contribution in [0.4, 0.5) is 13.2 Å². The first kappa shape index (κ1) is 17.1. The molecule has 0 aliphatic carbocycles. The van der Waals surface area contributed by atoms with Crippen molar-refractivity contribution in [3.05, 3.63) is 71.4 Å². The number of hydrogen-bond acceptors (Lipinski definition) is 1. The molecule has 0 atom stereocenters. The zero-order valence-corrected chi connectivity index (χ0v) is 13.8. The maximum atomic E-state index is 12.7. The number of hydrogen-bond donors (Lipinski definition) is 0. The van der Waals surface area contributed by atoms with Crippen LogP contribution in [0.1, 0.15) is 21.5 Å². The molecule has 0 saturated heterocycles. The number of amides is 1. The van der Waals surface area contributed by atoms with Crippen LogP contribution in [0.25, 0.3) is 10.9 Å². The molecule has 130 valence electrons. The van der Waals surface area contributed by atoms with Crippen molar-refractivity contribution < 1.29 is 18.0 Å². The average Bonchev–Trinajstić information content (AvgIpc) is 2.91. The lowest BCUT2D eigenvalue weighted by atomic mass is 10.1. The van der Waals surface area contributed by atoms with Crippen LogP contribution in [0, 0.1) is 0 Å². The monoisotopic (exact) mass is 346 g/mol. The summed E-state index contributed by atoms with van der Waals surface area (Å²) in [4.78, 5) is 14.2. The molecule has 0 aliphatic rings. The Morgan fingerprint density at radius 3 is 2.36 bits per heavy atom. The van der Waals surface area contributed by atoms with Gasteiger partial charge in [0.2, 0.25) is 0 Å². The molecule has 0 fully saturated rings. The second kappa shape index (κ2) is 6.27. The maximum Gasteiger partial charge on any atom is 0.416 e. The van der Waals surface area contributed by atoms with E-state index in [-0.39, 0.29) is 12.5 Å². The van der Waals surface area contributed by atoms with E-state index in [9.17, 15) is 18.0 Å². The number of alkyl halides is 3. The van der Waals surface area contributed by atoms with Crippen LogP contribution in [0.5, 0.6) is 0 Å². The Labute approximate surface area is 143 Å². The molecule has 1 amide bonds. The topological polar surface area (TPSA) is 25.2 Å². The number of para-hydroxylation sites is 1. The fraction of sp³-hybridized carbons (Fsp3) is 0.211. The van der Waals surface area contributed by atoms with E-state index >= 15 is 0 Å². The van der Waals surface area contributed by atoms with E-state index in [4.69, 9.17) is 0 Å². The van der Waals surface area contributed by atoms with Crippen LogP contribution in [-0.4, -0.2) is 22.4 Å². The van der Waals surface area contributed by atoms with Crippen LogP contribution in [0.2, 0.25) is 0 Å². The van der Waals surface area contributed by atoms with Crippen molar-refractivity contribution >= 4 is 16.8 Å². The fourth-order valence-corrected chi connectivity index (χ4v) is 2.86. The Balaban J connectivity index is 1.81. The zero-order chi connectivity index (χ0) is 18.2. The van der Waals surface area contributed by atoms with Crippen LogP contribution in [-0.2, 0) is 19.8 Å². The molecule has 0 spiro atoms. The molecule has 3 aromatic rings. The van der Waals surface area contributed by atoms with Crippen LogP contribution in [0.3, 0.4) is 0 Å². The van der Waals surface area contributed by atoms with Crippen molar-refractivity contribution in [3.8, 4) is 0 Å². The molecule has 1 heterocycles. The summed E-state index contributed by atoms with van der Waals surface area (Å²) in [6.45, 7) is 0.236. The summed E-state index contributed by atoms with van der Waals surface area (Å²) in [6, 6.07) is 12.5. The second-order valence-electron chi connectivity index (χ2n) is 6.03. The third-order valence-corrected chi connectivity index (χ3v) is 4.18. The first-order chi connectivity index (χ1) is 11.8. The molecule has 0 radical (unpaired) electrons. The fourth-order valence-electron chi connectivity index (χ4n) is 2.86. The number of fused-ring (bicyclic) bond motifs is 1. The third-order valence-electron chi connectivity index (χ3n) is 4.18. The number of halogens is 3. The highest BCUT2D eigenvalue weighted by atomic mass is 19.4. The van der Waals surface area contributed by atoms with Gasteiger partial charge in [-0.2, -0.15) is 13.2 Å². The molecule has 0 saturated carbocycles. The summed E-state index contributed by atoms with van der Waals surface area (Å²) < 4.78 is 39.7. The predicted molar refractivity (Wildman–Crippen MR) is 90.2 cm³/mol. The number of nitrogens with zero attached hydrogens (tertiary/aromatic N) is 2. The molecule has 0 unspecified atom stereocenters. The number of benzene rings is 2. The first-order valence-corrected chi connectivity index (χ1v) is 7.73. The third kappa shape index (κ3) is 3.38. The van der Waals surface area contributed by atoms with E-state index < -0.39 is 11.7 Å². The molecule has 0 N–H and O–H groups in total. The molecule has 3 nitrogen and oxygen atoms in total. The van der Waals surface area contributed by atoms with Crippen LogP contribution in [0.15, 0.2) is 54.7 Å². The van der Waals surface area contributed by atoms with Crippen molar-refractivity contribution in [2.45, 2.75) is 12.7 Å². The van der Waals surface area contributed by atoms with Crippen molar-refractivity contribution in [2.75, 3.05) is 7.05 Å². The van der Waals surface area contributed by atoms with Gasteiger partial charge in [0.1, 0.15) is 0 Å². The molecule has 0 aliphatic heterocycles. The van der Waals surface area contributed by atoms with Gasteiger partial charge in [0.15, 0.2) is 0 Å². The van der Waals surface area contributed by atoms with Crippen molar-refractivity contribution in [1.82, 2.24) is 9.47 Å². The van der Waals surface area contributed by atoms with Gasteiger partial charge in [0.05, 0.1) is 11.1 Å². The Hall–Kier alpha value is -2.76. The van der Waals surface area contributed by atoms with Crippen LogP contribution >= 0.6 is 0 Å². The van der Waals surface area contributed by atoms with E-state index in [1.54, 1.807) is 13.2 Å². The summed E-state index contributed by atoms with van der Waals surface area (Å²) in [5.41, 5.74) is 1.48. The van der Waals surface area contributed by atoms with Gasteiger partial charge in [-0.25, -0.2) is 0 Å². The van der Waals surface area contributed by atoms with Crippen molar-refractivity contribution in [3.63, 3.8) is 0 Å². The van der Waals surface area contributed by atoms with Gasteiger partial charge in [-0.1, -0.05) is 30.3 Å². The SMILES string of the molecule is CN(Cc1ccc(C(F)(F)F)cc1)C(=O)c1cn(C)c2ccccc12. The van der Waals surface area contributed by atoms with Crippen molar-refractivity contribution in [2.24, 2.45) is 7.05 Å². The minimum Gasteiger partial charge on any atom is -0.350 e. The lowest BCUT2D eigenvalue weighted by molar-refractivity contribution is -0.137. The largest absolute Gasteiger partial charge is 0.416 e. The summed E-state index contributed by atoms with van der Waals surface area (Å²) in [6.07, 6.45) is -2.58. The Morgan fingerprint density at radius 2 is 1.72 bits per heavy atom. The molecule has 6 heteroatoms. The summed E-state index contributed by atoms with van der Waals surface area (Å²) in [5.74, 6) is -0.170. The number of aromatic nitrogens is 1. The summed E-state index contributed by atoms with van der Waals surface area (Å²) >= 11 is 0. The highest BCUT2D eigenvalue weighted by Gasteiger charge is 2.30. The highest BCUT2D eigenvalue weighted by Crippen LogP contribution is 2.29. The average molecular weight is 346 g/mol. The van der Waals surface area contributed by atoms with Gasteiger partial charge in [0, 0.05) is 37.7 Å². The smallest absolute Gasteiger partial charge is 0.350 e. The molecular formula is C19H17F3N2O. The molecular weight excluding hydrogens is 329 g/mol. The Bertz CT molecular complexity index is 911. The number of aryl methyl sites for hydroxylation is 1. The maximum absolute atomic E-state index is 12.7. The quantitative estimate of drug-likeness (QED) is 0.687. The zero-order valence-electron chi connectivity index (χ0n) is 13.8. The van der Waals surface area contributed by atoms with Crippen LogP contribution < -0.4 is 0 Å². The number of rotatable bonds is 3. The minimum atomic E-state index is -4.36. The molecule has 2 aromatic carbocycles. The van der Waals surface area contributed by atoms with Gasteiger partial charge in [-0.15, -0.1) is 0 Å². The Morgan fingerprint density at radius 1 is 1.08 bits per heavy atom.